The average molecular weight is 519 g/mol. The molecule has 0 bridgehead atoms. The number of nitrogens with zero attached hydrogens (tertiary/aromatic N) is 2. The highest BCUT2D eigenvalue weighted by atomic mass is 35.5. The molecule has 5 rings (SSSR count). The lowest BCUT2D eigenvalue weighted by Crippen LogP contribution is -2.55. The summed E-state index contributed by atoms with van der Waals surface area (Å²) in [5, 5.41) is 12.2. The van der Waals surface area contributed by atoms with Crippen LogP contribution < -0.4 is 4.90 Å². The molecular weight excluding hydrogens is 492 g/mol. The molecule has 1 aromatic heterocycles. The number of halogens is 1. The number of hydrogen-bond acceptors (Lipinski definition) is 4. The van der Waals surface area contributed by atoms with E-state index >= 15 is 0 Å². The van der Waals surface area contributed by atoms with Crippen LogP contribution in [0.15, 0.2) is 66.7 Å². The van der Waals surface area contributed by atoms with E-state index < -0.39 is 10.5 Å². The fourth-order valence-corrected chi connectivity index (χ4v) is 7.13. The van der Waals surface area contributed by atoms with Crippen LogP contribution in [0.4, 0.5) is 11.4 Å². The predicted molar refractivity (Wildman–Crippen MR) is 148 cm³/mol. The SMILES string of the molecule is CCc1ccc([C@]2(C)CC(C)(C)N(C(=O)c3sc4cc([N+](=O)[O-])ccc4c3Cl)c3ccccc32)cc1. The van der Waals surface area contributed by atoms with Crippen molar-refractivity contribution in [1.82, 2.24) is 0 Å². The van der Waals surface area contributed by atoms with Gasteiger partial charge in [-0.25, -0.2) is 0 Å². The molecule has 0 saturated carbocycles. The van der Waals surface area contributed by atoms with Gasteiger partial charge in [0.2, 0.25) is 0 Å². The van der Waals surface area contributed by atoms with Crippen LogP contribution in [0.3, 0.4) is 0 Å². The number of thiophene rings is 1. The highest BCUT2D eigenvalue weighted by molar-refractivity contribution is 7.21. The summed E-state index contributed by atoms with van der Waals surface area (Å²) in [6.45, 7) is 8.58. The van der Waals surface area contributed by atoms with Crippen LogP contribution in [0.25, 0.3) is 10.1 Å². The second kappa shape index (κ2) is 8.71. The molecule has 1 aliphatic rings. The molecular formula is C29H27ClN2O3S. The van der Waals surface area contributed by atoms with E-state index in [1.165, 1.54) is 34.6 Å². The Morgan fingerprint density at radius 1 is 1.08 bits per heavy atom. The van der Waals surface area contributed by atoms with Gasteiger partial charge in [-0.2, -0.15) is 0 Å². The second-order valence-electron chi connectivity index (χ2n) is 10.2. The molecule has 1 atom stereocenters. The van der Waals surface area contributed by atoms with Gasteiger partial charge in [-0.15, -0.1) is 11.3 Å². The Hall–Kier alpha value is -3.22. The highest BCUT2D eigenvalue weighted by Crippen LogP contribution is 2.51. The zero-order valence-electron chi connectivity index (χ0n) is 20.7. The number of non-ortho nitro benzene ring substituents is 1. The van der Waals surface area contributed by atoms with Gasteiger partial charge in [0.05, 0.1) is 9.95 Å². The third-order valence-corrected chi connectivity index (χ3v) is 9.00. The number of rotatable bonds is 4. The van der Waals surface area contributed by atoms with Gasteiger partial charge in [0.15, 0.2) is 0 Å². The monoisotopic (exact) mass is 518 g/mol. The molecule has 0 N–H and O–H groups in total. The molecule has 3 aromatic carbocycles. The van der Waals surface area contributed by atoms with Crippen molar-refractivity contribution >= 4 is 50.3 Å². The van der Waals surface area contributed by atoms with Gasteiger partial charge in [-0.3, -0.25) is 14.9 Å². The maximum atomic E-state index is 14.1. The molecule has 0 aliphatic carbocycles. The Morgan fingerprint density at radius 2 is 1.78 bits per heavy atom. The van der Waals surface area contributed by atoms with E-state index in [0.717, 1.165) is 24.1 Å². The molecule has 2 heterocycles. The first kappa shape index (κ1) is 24.5. The fourth-order valence-electron chi connectivity index (χ4n) is 5.66. The molecule has 0 spiro atoms. The summed E-state index contributed by atoms with van der Waals surface area (Å²) >= 11 is 7.90. The zero-order valence-corrected chi connectivity index (χ0v) is 22.2. The Kier molecular flexibility index (Phi) is 5.92. The Morgan fingerprint density at radius 3 is 2.44 bits per heavy atom. The third-order valence-electron chi connectivity index (χ3n) is 7.35. The first-order chi connectivity index (χ1) is 17.1. The van der Waals surface area contributed by atoms with Crippen LogP contribution in [0.2, 0.25) is 5.02 Å². The van der Waals surface area contributed by atoms with Crippen molar-refractivity contribution in [3.8, 4) is 0 Å². The number of nitro groups is 1. The molecule has 184 valence electrons. The summed E-state index contributed by atoms with van der Waals surface area (Å²) in [6.07, 6.45) is 1.71. The topological polar surface area (TPSA) is 63.5 Å². The van der Waals surface area contributed by atoms with E-state index in [4.69, 9.17) is 11.6 Å². The van der Waals surface area contributed by atoms with Gasteiger partial charge in [0.25, 0.3) is 11.6 Å². The fraction of sp³-hybridized carbons (Fsp3) is 0.276. The number of benzene rings is 3. The van der Waals surface area contributed by atoms with Gasteiger partial charge in [0, 0.05) is 38.9 Å². The van der Waals surface area contributed by atoms with Crippen molar-refractivity contribution in [1.29, 1.82) is 0 Å². The van der Waals surface area contributed by atoms with Gasteiger partial charge in [-0.1, -0.05) is 67.9 Å². The Labute approximate surface area is 219 Å². The number of anilines is 1. The van der Waals surface area contributed by atoms with Crippen molar-refractivity contribution in [3.05, 3.63) is 103 Å². The lowest BCUT2D eigenvalue weighted by atomic mass is 9.65. The number of carbonyl (C=O) groups excluding carboxylic acids is 1. The summed E-state index contributed by atoms with van der Waals surface area (Å²) in [6, 6.07) is 21.4. The first-order valence-corrected chi connectivity index (χ1v) is 13.2. The average Bonchev–Trinajstić information content (AvgIpc) is 3.19. The predicted octanol–water partition coefficient (Wildman–Crippen LogP) is 8.16. The molecule has 1 amide bonds. The number of nitro benzene ring substituents is 1. The maximum Gasteiger partial charge on any atom is 0.270 e. The van der Waals surface area contributed by atoms with Gasteiger partial charge >= 0.3 is 0 Å². The molecule has 5 nitrogen and oxygen atoms in total. The van der Waals surface area contributed by atoms with Crippen LogP contribution in [0.1, 0.15) is 60.5 Å². The number of fused-ring (bicyclic) bond motifs is 2. The summed E-state index contributed by atoms with van der Waals surface area (Å²) in [5.74, 6) is -0.190. The van der Waals surface area contributed by atoms with E-state index in [-0.39, 0.29) is 17.0 Å². The molecule has 4 aromatic rings. The number of hydrogen-bond donors (Lipinski definition) is 0. The largest absolute Gasteiger partial charge is 0.302 e. The quantitative estimate of drug-likeness (QED) is 0.202. The van der Waals surface area contributed by atoms with Crippen molar-refractivity contribution in [3.63, 3.8) is 0 Å². The minimum atomic E-state index is -0.519. The van der Waals surface area contributed by atoms with Crippen molar-refractivity contribution in [2.75, 3.05) is 4.90 Å². The molecule has 7 heteroatoms. The zero-order chi connectivity index (χ0) is 25.8. The standard InChI is InChI=1S/C29H27ClN2O3S/c1-5-18-10-12-19(13-11-18)29(4)17-28(2,3)31(23-9-7-6-8-22(23)29)27(33)26-25(30)21-15-14-20(32(34)35)16-24(21)36-26/h6-16H,5,17H2,1-4H3/t29-/m0/s1. The van der Waals surface area contributed by atoms with E-state index in [9.17, 15) is 14.9 Å². The van der Waals surface area contributed by atoms with Crippen molar-refractivity contribution in [2.45, 2.75) is 51.5 Å². The van der Waals surface area contributed by atoms with Gasteiger partial charge in [0.1, 0.15) is 4.88 Å². The molecule has 0 unspecified atom stereocenters. The van der Waals surface area contributed by atoms with Crippen LogP contribution in [0.5, 0.6) is 0 Å². The van der Waals surface area contributed by atoms with E-state index in [1.807, 2.05) is 23.1 Å². The van der Waals surface area contributed by atoms with Crippen LogP contribution in [0, 0.1) is 10.1 Å². The third kappa shape index (κ3) is 3.80. The molecule has 1 aliphatic heterocycles. The van der Waals surface area contributed by atoms with Crippen LogP contribution >= 0.6 is 22.9 Å². The molecule has 0 fully saturated rings. The molecule has 0 saturated heterocycles. The number of amides is 1. The van der Waals surface area contributed by atoms with E-state index in [0.29, 0.717) is 20.0 Å². The summed E-state index contributed by atoms with van der Waals surface area (Å²) in [4.78, 5) is 27.2. The Bertz CT molecular complexity index is 1510. The lowest BCUT2D eigenvalue weighted by Gasteiger charge is -2.51. The normalized spacial score (nSPS) is 18.8. The Balaban J connectivity index is 1.64. The first-order valence-electron chi connectivity index (χ1n) is 12.0. The summed E-state index contributed by atoms with van der Waals surface area (Å²) in [7, 11) is 0. The number of aryl methyl sites for hydroxylation is 1. The molecule has 36 heavy (non-hydrogen) atoms. The molecule has 0 radical (unpaired) electrons. The minimum Gasteiger partial charge on any atom is -0.302 e. The second-order valence-corrected chi connectivity index (χ2v) is 11.6. The minimum absolute atomic E-state index is 0.0204. The number of carbonyl (C=O) groups is 1. The number of para-hydroxylation sites is 1. The smallest absolute Gasteiger partial charge is 0.270 e. The van der Waals surface area contributed by atoms with Crippen molar-refractivity contribution < 1.29 is 9.72 Å². The van der Waals surface area contributed by atoms with E-state index in [1.54, 1.807) is 6.07 Å². The summed E-state index contributed by atoms with van der Waals surface area (Å²) < 4.78 is 0.626. The maximum absolute atomic E-state index is 14.1. The summed E-state index contributed by atoms with van der Waals surface area (Å²) in [5.41, 5.74) is 3.65. The highest BCUT2D eigenvalue weighted by Gasteiger charge is 2.48. The van der Waals surface area contributed by atoms with Crippen LogP contribution in [-0.4, -0.2) is 16.4 Å². The van der Waals surface area contributed by atoms with Crippen molar-refractivity contribution in [2.24, 2.45) is 0 Å². The van der Waals surface area contributed by atoms with E-state index in [2.05, 4.69) is 58.0 Å². The van der Waals surface area contributed by atoms with Crippen LogP contribution in [-0.2, 0) is 11.8 Å². The lowest BCUT2D eigenvalue weighted by molar-refractivity contribution is -0.384. The van der Waals surface area contributed by atoms with Gasteiger partial charge < -0.3 is 4.90 Å². The van der Waals surface area contributed by atoms with Gasteiger partial charge in [-0.05, 0) is 55.5 Å².